The van der Waals surface area contributed by atoms with Gasteiger partial charge in [-0.1, -0.05) is 20.8 Å². The molecule has 0 spiro atoms. The average molecular weight is 218 g/mol. The van der Waals surface area contributed by atoms with Crippen LogP contribution in [0.4, 0.5) is 0 Å². The molecule has 5 N–H and O–H groups in total. The number of hydrogen-bond acceptors (Lipinski definition) is 4. The summed E-state index contributed by atoms with van der Waals surface area (Å²) in [6, 6.07) is 0. The van der Waals surface area contributed by atoms with Gasteiger partial charge in [0.2, 0.25) is 0 Å². The van der Waals surface area contributed by atoms with Crippen LogP contribution in [0.25, 0.3) is 0 Å². The minimum Gasteiger partial charge on any atom is -0.850 e. The summed E-state index contributed by atoms with van der Waals surface area (Å²) >= 11 is 0. The Labute approximate surface area is 124 Å². The maximum Gasteiger partial charge on any atom is 1.00 e. The fraction of sp³-hybridized carbons (Fsp3) is 1.00. The maximum atomic E-state index is 10.1. The van der Waals surface area contributed by atoms with Gasteiger partial charge in [0, 0.05) is 19.7 Å². The zero-order chi connectivity index (χ0) is 10.6. The van der Waals surface area contributed by atoms with Crippen LogP contribution in [0.5, 0.6) is 0 Å². The monoisotopic (exact) mass is 218 g/mol. The number of nitrogens with two attached hydrogens (primary N) is 2. The standard InChI is InChI=1S/C4H9O.C2H8N2.C2H6O.K/c1-4(2,3)5;3-1-2-4;1-2-3;/h1-3H3;1-4H2;3H,2H2,1H3;/q-1;;;+1. The van der Waals surface area contributed by atoms with Crippen LogP contribution in [-0.4, -0.2) is 30.4 Å². The van der Waals surface area contributed by atoms with Crippen molar-refractivity contribution in [2.24, 2.45) is 11.5 Å². The molecule has 0 aromatic carbocycles. The van der Waals surface area contributed by atoms with E-state index in [9.17, 15) is 5.11 Å². The molecule has 4 nitrogen and oxygen atoms in total. The maximum absolute atomic E-state index is 10.1. The molecule has 0 unspecified atom stereocenters. The normalized spacial score (nSPS) is 8.31. The zero-order valence-electron chi connectivity index (χ0n) is 9.63. The molecule has 0 heterocycles. The van der Waals surface area contributed by atoms with Crippen LogP contribution in [0.2, 0.25) is 0 Å². The third-order valence-electron chi connectivity index (χ3n) is 0.167. The van der Waals surface area contributed by atoms with Gasteiger partial charge in [0.15, 0.2) is 0 Å². The molecule has 13 heavy (non-hydrogen) atoms. The topological polar surface area (TPSA) is 95.3 Å². The van der Waals surface area contributed by atoms with E-state index in [-0.39, 0.29) is 58.0 Å². The van der Waals surface area contributed by atoms with E-state index in [0.29, 0.717) is 13.1 Å². The van der Waals surface area contributed by atoms with E-state index in [1.54, 1.807) is 27.7 Å². The molecule has 0 aromatic heterocycles. The molecule has 0 saturated heterocycles. The Bertz CT molecular complexity index is 59.7. The van der Waals surface area contributed by atoms with Gasteiger partial charge in [-0.3, -0.25) is 0 Å². The third kappa shape index (κ3) is 289. The smallest absolute Gasteiger partial charge is 0.850 e. The van der Waals surface area contributed by atoms with Crippen molar-refractivity contribution in [1.82, 2.24) is 0 Å². The number of aliphatic hydroxyl groups is 1. The Balaban J connectivity index is -0.0000000465. The zero-order valence-corrected chi connectivity index (χ0v) is 12.8. The van der Waals surface area contributed by atoms with Crippen LogP contribution in [0.1, 0.15) is 27.7 Å². The Morgan fingerprint density at radius 1 is 1.15 bits per heavy atom. The molecule has 0 fully saturated rings. The summed E-state index contributed by atoms with van der Waals surface area (Å²) in [6.45, 7) is 8.02. The van der Waals surface area contributed by atoms with Crippen molar-refractivity contribution >= 4 is 0 Å². The molecule has 0 saturated carbocycles. The largest absolute Gasteiger partial charge is 1.00 e. The van der Waals surface area contributed by atoms with Crippen LogP contribution in [0.3, 0.4) is 0 Å². The molecule has 0 aromatic rings. The van der Waals surface area contributed by atoms with E-state index < -0.39 is 5.60 Å². The van der Waals surface area contributed by atoms with Crippen LogP contribution < -0.4 is 68.0 Å². The fourth-order valence-corrected chi connectivity index (χ4v) is 0. The summed E-state index contributed by atoms with van der Waals surface area (Å²) in [4.78, 5) is 0. The van der Waals surface area contributed by atoms with E-state index in [1.165, 1.54) is 0 Å². The predicted molar refractivity (Wildman–Crippen MR) is 50.6 cm³/mol. The summed E-state index contributed by atoms with van der Waals surface area (Å²) in [5.41, 5.74) is 9.06. The first-order chi connectivity index (χ1) is 5.33. The molecule has 0 radical (unpaired) electrons. The second-order valence-electron chi connectivity index (χ2n) is 3.01. The predicted octanol–water partition coefficient (Wildman–Crippen LogP) is -3.95. The summed E-state index contributed by atoms with van der Waals surface area (Å²) in [5, 5.41) is 17.7. The van der Waals surface area contributed by atoms with Gasteiger partial charge in [0.25, 0.3) is 0 Å². The van der Waals surface area contributed by atoms with Crippen LogP contribution >= 0.6 is 0 Å². The molecule has 0 rings (SSSR count). The first kappa shape index (κ1) is 24.0. The van der Waals surface area contributed by atoms with Crippen molar-refractivity contribution in [3.8, 4) is 0 Å². The Morgan fingerprint density at radius 2 is 1.23 bits per heavy atom. The summed E-state index contributed by atoms with van der Waals surface area (Å²) < 4.78 is 0. The molecule has 0 bridgehead atoms. The first-order valence-electron chi connectivity index (χ1n) is 4.04. The molecule has 0 aliphatic carbocycles. The number of hydrogen-bond donors (Lipinski definition) is 3. The van der Waals surface area contributed by atoms with Crippen LogP contribution in [0, 0.1) is 0 Å². The minimum atomic E-state index is -0.750. The summed E-state index contributed by atoms with van der Waals surface area (Å²) in [5.74, 6) is 0. The van der Waals surface area contributed by atoms with E-state index in [2.05, 4.69) is 0 Å². The number of aliphatic hydroxyl groups excluding tert-OH is 1. The van der Waals surface area contributed by atoms with Gasteiger partial charge in [0.05, 0.1) is 0 Å². The summed E-state index contributed by atoms with van der Waals surface area (Å²) in [7, 11) is 0. The molecular weight excluding hydrogens is 195 g/mol. The molecule has 0 atom stereocenters. The van der Waals surface area contributed by atoms with Crippen LogP contribution in [-0.2, 0) is 0 Å². The van der Waals surface area contributed by atoms with Gasteiger partial charge in [-0.15, -0.1) is 5.60 Å². The van der Waals surface area contributed by atoms with Gasteiger partial charge in [-0.2, -0.15) is 0 Å². The van der Waals surface area contributed by atoms with Crippen molar-refractivity contribution in [3.05, 3.63) is 0 Å². The van der Waals surface area contributed by atoms with Crippen molar-refractivity contribution in [2.75, 3.05) is 19.7 Å². The van der Waals surface area contributed by atoms with E-state index in [4.69, 9.17) is 16.6 Å². The third-order valence-corrected chi connectivity index (χ3v) is 0.167. The van der Waals surface area contributed by atoms with Crippen molar-refractivity contribution in [1.29, 1.82) is 0 Å². The van der Waals surface area contributed by atoms with Gasteiger partial charge in [-0.25, -0.2) is 0 Å². The first-order valence-corrected chi connectivity index (χ1v) is 4.04. The van der Waals surface area contributed by atoms with Crippen molar-refractivity contribution in [2.45, 2.75) is 33.3 Å². The molecule has 78 valence electrons. The Kier molecular flexibility index (Phi) is 35.2. The van der Waals surface area contributed by atoms with E-state index in [0.717, 1.165) is 0 Å². The van der Waals surface area contributed by atoms with Gasteiger partial charge in [0.1, 0.15) is 0 Å². The van der Waals surface area contributed by atoms with Gasteiger partial charge < -0.3 is 21.7 Å². The molecule has 0 aliphatic rings. The Morgan fingerprint density at radius 3 is 1.23 bits per heavy atom. The SMILES string of the molecule is CC(C)(C)[O-].CCO.NCCN.[K+]. The molecular formula is C8H23KN2O2. The minimum absolute atomic E-state index is 0. The van der Waals surface area contributed by atoms with E-state index >= 15 is 0 Å². The van der Waals surface area contributed by atoms with Gasteiger partial charge >= 0.3 is 51.4 Å². The van der Waals surface area contributed by atoms with Crippen molar-refractivity contribution < 1.29 is 61.6 Å². The number of rotatable bonds is 1. The molecule has 5 heteroatoms. The van der Waals surface area contributed by atoms with Crippen molar-refractivity contribution in [3.63, 3.8) is 0 Å². The van der Waals surface area contributed by atoms with Gasteiger partial charge in [-0.05, 0) is 6.92 Å². The van der Waals surface area contributed by atoms with Crippen LogP contribution in [0.15, 0.2) is 0 Å². The fourth-order valence-electron chi connectivity index (χ4n) is 0. The quantitative estimate of drug-likeness (QED) is 0.392. The average Bonchev–Trinajstić information content (AvgIpc) is 1.85. The Hall–Kier alpha value is 1.48. The second kappa shape index (κ2) is 19.1. The molecule has 0 amide bonds. The molecule has 0 aliphatic heterocycles. The second-order valence-corrected chi connectivity index (χ2v) is 3.01. The van der Waals surface area contributed by atoms with E-state index in [1.807, 2.05) is 0 Å². The summed E-state index contributed by atoms with van der Waals surface area (Å²) in [6.07, 6.45) is 0.